The molecule has 1 rings (SSSR count). The fraction of sp³-hybridized carbons (Fsp3) is 0.538. The number of nitrogens with zero attached hydrogens (tertiary/aromatic N) is 1. The largest absolute Gasteiger partial charge is 0.391 e. The average Bonchev–Trinajstić information content (AvgIpc) is 2.26. The Kier molecular flexibility index (Phi) is 5.29. The van der Waals surface area contributed by atoms with Gasteiger partial charge in [0.1, 0.15) is 0 Å². The first-order valence-corrected chi connectivity index (χ1v) is 5.74. The van der Waals surface area contributed by atoms with Crippen LogP contribution in [0, 0.1) is 6.92 Å². The van der Waals surface area contributed by atoms with Gasteiger partial charge in [-0.1, -0.05) is 12.1 Å². The Balaban J connectivity index is 2.48. The van der Waals surface area contributed by atoms with E-state index in [9.17, 15) is 5.11 Å². The van der Waals surface area contributed by atoms with Gasteiger partial charge in [-0.2, -0.15) is 0 Å². The maximum Gasteiger partial charge on any atom is 0.0727 e. The fourth-order valence-corrected chi connectivity index (χ4v) is 1.69. The van der Waals surface area contributed by atoms with E-state index in [-0.39, 0.29) is 6.10 Å². The minimum atomic E-state index is -0.280. The summed E-state index contributed by atoms with van der Waals surface area (Å²) in [5.74, 6) is 0. The van der Waals surface area contributed by atoms with E-state index in [1.54, 1.807) is 0 Å². The molecule has 1 aromatic carbocycles. The van der Waals surface area contributed by atoms with Gasteiger partial charge in [-0.25, -0.2) is 0 Å². The Morgan fingerprint density at radius 3 is 2.81 bits per heavy atom. The number of rotatable bonds is 6. The monoisotopic (exact) mass is 222 g/mol. The first kappa shape index (κ1) is 13.0. The van der Waals surface area contributed by atoms with E-state index in [4.69, 9.17) is 0 Å². The molecule has 0 aromatic heterocycles. The Morgan fingerprint density at radius 1 is 1.44 bits per heavy atom. The van der Waals surface area contributed by atoms with Gasteiger partial charge in [-0.3, -0.25) is 0 Å². The quantitative estimate of drug-likeness (QED) is 0.764. The molecule has 0 aliphatic rings. The SMILES string of the molecule is CNCCC(O)CN(C)c1cccc(C)c1. The molecule has 0 saturated carbocycles. The van der Waals surface area contributed by atoms with Crippen LogP contribution in [0.25, 0.3) is 0 Å². The van der Waals surface area contributed by atoms with Crippen LogP contribution < -0.4 is 10.2 Å². The summed E-state index contributed by atoms with van der Waals surface area (Å²) in [4.78, 5) is 2.09. The highest BCUT2D eigenvalue weighted by Gasteiger charge is 2.08. The molecular weight excluding hydrogens is 200 g/mol. The molecule has 0 aliphatic carbocycles. The summed E-state index contributed by atoms with van der Waals surface area (Å²) in [7, 11) is 3.91. The second-order valence-corrected chi connectivity index (χ2v) is 4.27. The van der Waals surface area contributed by atoms with Crippen molar-refractivity contribution in [2.45, 2.75) is 19.4 Å². The highest BCUT2D eigenvalue weighted by Crippen LogP contribution is 2.14. The topological polar surface area (TPSA) is 35.5 Å². The van der Waals surface area contributed by atoms with E-state index >= 15 is 0 Å². The molecule has 90 valence electrons. The van der Waals surface area contributed by atoms with E-state index in [0.717, 1.165) is 18.7 Å². The number of aliphatic hydroxyl groups excluding tert-OH is 1. The predicted octanol–water partition coefficient (Wildman–Crippen LogP) is 1.40. The minimum absolute atomic E-state index is 0.280. The standard InChI is InChI=1S/C13H22N2O/c1-11-5-4-6-12(9-11)15(3)10-13(16)7-8-14-2/h4-6,9,13-14,16H,7-8,10H2,1-3H3. The lowest BCUT2D eigenvalue weighted by atomic mass is 10.2. The lowest BCUT2D eigenvalue weighted by Crippen LogP contribution is -2.31. The van der Waals surface area contributed by atoms with Crippen LogP contribution in [0.3, 0.4) is 0 Å². The molecule has 0 heterocycles. The molecule has 0 spiro atoms. The van der Waals surface area contributed by atoms with Gasteiger partial charge in [0, 0.05) is 19.3 Å². The molecule has 0 fully saturated rings. The third-order valence-electron chi connectivity index (χ3n) is 2.65. The molecule has 1 atom stereocenters. The van der Waals surface area contributed by atoms with E-state index in [2.05, 4.69) is 35.3 Å². The summed E-state index contributed by atoms with van der Waals surface area (Å²) in [5, 5.41) is 12.8. The summed E-state index contributed by atoms with van der Waals surface area (Å²) in [6, 6.07) is 8.32. The Hall–Kier alpha value is -1.06. The molecule has 1 aromatic rings. The highest BCUT2D eigenvalue weighted by atomic mass is 16.3. The molecule has 3 heteroatoms. The van der Waals surface area contributed by atoms with Gasteiger partial charge in [0.15, 0.2) is 0 Å². The summed E-state index contributed by atoms with van der Waals surface area (Å²) < 4.78 is 0. The van der Waals surface area contributed by atoms with Gasteiger partial charge in [0.2, 0.25) is 0 Å². The van der Waals surface area contributed by atoms with Crippen molar-refractivity contribution >= 4 is 5.69 Å². The number of aryl methyl sites for hydroxylation is 1. The van der Waals surface area contributed by atoms with Crippen LogP contribution in [-0.2, 0) is 0 Å². The molecule has 0 aliphatic heterocycles. The average molecular weight is 222 g/mol. The van der Waals surface area contributed by atoms with E-state index in [1.165, 1.54) is 5.56 Å². The van der Waals surface area contributed by atoms with Crippen LogP contribution in [0.5, 0.6) is 0 Å². The van der Waals surface area contributed by atoms with Gasteiger partial charge in [0.25, 0.3) is 0 Å². The van der Waals surface area contributed by atoms with Gasteiger partial charge < -0.3 is 15.3 Å². The van der Waals surface area contributed by atoms with Crippen molar-refractivity contribution in [3.8, 4) is 0 Å². The number of hydrogen-bond donors (Lipinski definition) is 2. The second kappa shape index (κ2) is 6.51. The zero-order valence-corrected chi connectivity index (χ0v) is 10.4. The van der Waals surface area contributed by atoms with Crippen LogP contribution in [0.1, 0.15) is 12.0 Å². The molecule has 0 bridgehead atoms. The Bertz CT molecular complexity index is 315. The van der Waals surface area contributed by atoms with Crippen molar-refractivity contribution in [1.29, 1.82) is 0 Å². The Labute approximate surface area is 98.1 Å². The lowest BCUT2D eigenvalue weighted by molar-refractivity contribution is 0.171. The summed E-state index contributed by atoms with van der Waals surface area (Å²) in [6.45, 7) is 3.60. The molecule has 2 N–H and O–H groups in total. The highest BCUT2D eigenvalue weighted by molar-refractivity contribution is 5.47. The van der Waals surface area contributed by atoms with Crippen molar-refractivity contribution in [3.63, 3.8) is 0 Å². The van der Waals surface area contributed by atoms with E-state index in [1.807, 2.05) is 20.2 Å². The predicted molar refractivity (Wildman–Crippen MR) is 69.0 cm³/mol. The van der Waals surface area contributed by atoms with E-state index in [0.29, 0.717) is 6.54 Å². The molecule has 0 saturated heterocycles. The van der Waals surface area contributed by atoms with Crippen LogP contribution in [0.2, 0.25) is 0 Å². The number of nitrogens with one attached hydrogen (secondary N) is 1. The number of anilines is 1. The maximum atomic E-state index is 9.80. The van der Waals surface area contributed by atoms with Crippen LogP contribution in [-0.4, -0.2) is 38.4 Å². The fourth-order valence-electron chi connectivity index (χ4n) is 1.69. The first-order chi connectivity index (χ1) is 7.63. The number of likely N-dealkylation sites (N-methyl/N-ethyl adjacent to an activating group) is 1. The van der Waals surface area contributed by atoms with Crippen molar-refractivity contribution in [2.24, 2.45) is 0 Å². The summed E-state index contributed by atoms with van der Waals surface area (Å²) in [6.07, 6.45) is 0.505. The number of benzene rings is 1. The van der Waals surface area contributed by atoms with Crippen LogP contribution in [0.15, 0.2) is 24.3 Å². The van der Waals surface area contributed by atoms with Gasteiger partial charge in [-0.15, -0.1) is 0 Å². The van der Waals surface area contributed by atoms with Gasteiger partial charge in [-0.05, 0) is 44.6 Å². The zero-order valence-electron chi connectivity index (χ0n) is 10.4. The molecule has 16 heavy (non-hydrogen) atoms. The molecular formula is C13H22N2O. The minimum Gasteiger partial charge on any atom is -0.391 e. The molecule has 0 radical (unpaired) electrons. The molecule has 1 unspecified atom stereocenters. The maximum absolute atomic E-state index is 9.80. The number of aliphatic hydroxyl groups is 1. The van der Waals surface area contributed by atoms with Crippen LogP contribution >= 0.6 is 0 Å². The summed E-state index contributed by atoms with van der Waals surface area (Å²) in [5.41, 5.74) is 2.40. The molecule has 0 amide bonds. The first-order valence-electron chi connectivity index (χ1n) is 5.74. The Morgan fingerprint density at radius 2 is 2.19 bits per heavy atom. The second-order valence-electron chi connectivity index (χ2n) is 4.27. The third kappa shape index (κ3) is 4.21. The summed E-state index contributed by atoms with van der Waals surface area (Å²) >= 11 is 0. The van der Waals surface area contributed by atoms with Crippen LogP contribution in [0.4, 0.5) is 5.69 Å². The lowest BCUT2D eigenvalue weighted by Gasteiger charge is -2.23. The molecule has 3 nitrogen and oxygen atoms in total. The van der Waals surface area contributed by atoms with E-state index < -0.39 is 0 Å². The smallest absolute Gasteiger partial charge is 0.0727 e. The zero-order chi connectivity index (χ0) is 12.0. The van der Waals surface area contributed by atoms with Gasteiger partial charge >= 0.3 is 0 Å². The van der Waals surface area contributed by atoms with Gasteiger partial charge in [0.05, 0.1) is 6.10 Å². The van der Waals surface area contributed by atoms with Crippen molar-refractivity contribution in [2.75, 3.05) is 32.1 Å². The number of hydrogen-bond acceptors (Lipinski definition) is 3. The van der Waals surface area contributed by atoms with Crippen molar-refractivity contribution in [3.05, 3.63) is 29.8 Å². The third-order valence-corrected chi connectivity index (χ3v) is 2.65. The normalized spacial score (nSPS) is 12.5. The van der Waals surface area contributed by atoms with Crippen molar-refractivity contribution in [1.82, 2.24) is 5.32 Å². The van der Waals surface area contributed by atoms with Crippen molar-refractivity contribution < 1.29 is 5.11 Å².